The normalized spacial score (nSPS) is 18.7. The second-order valence-corrected chi connectivity index (χ2v) is 8.72. The molecule has 0 spiro atoms. The van der Waals surface area contributed by atoms with Gasteiger partial charge in [-0.05, 0) is 84.0 Å². The Kier molecular flexibility index (Phi) is 7.01. The number of hydrogen-bond donors (Lipinski definition) is 0. The lowest BCUT2D eigenvalue weighted by Gasteiger charge is -2.28. The molecule has 162 valence electrons. The van der Waals surface area contributed by atoms with Gasteiger partial charge in [-0.1, -0.05) is 56.2 Å². The quantitative estimate of drug-likeness (QED) is 0.374. The zero-order valence-corrected chi connectivity index (χ0v) is 18.1. The van der Waals surface area contributed by atoms with Gasteiger partial charge in [-0.25, -0.2) is 8.78 Å². The van der Waals surface area contributed by atoms with Crippen LogP contribution in [0, 0.1) is 17.6 Å². The topological polar surface area (TPSA) is 9.23 Å². The smallest absolute Gasteiger partial charge is 0.127 e. The van der Waals surface area contributed by atoms with Crippen LogP contribution in [0.2, 0.25) is 0 Å². The highest BCUT2D eigenvalue weighted by Crippen LogP contribution is 2.38. The zero-order valence-electron chi connectivity index (χ0n) is 18.1. The number of halogens is 2. The van der Waals surface area contributed by atoms with Gasteiger partial charge >= 0.3 is 0 Å². The number of rotatable bonds is 7. The van der Waals surface area contributed by atoms with Crippen LogP contribution >= 0.6 is 0 Å². The van der Waals surface area contributed by atoms with E-state index in [4.69, 9.17) is 4.74 Å². The van der Waals surface area contributed by atoms with Crippen LogP contribution in [0.5, 0.6) is 5.75 Å². The maximum atomic E-state index is 14.2. The van der Waals surface area contributed by atoms with Gasteiger partial charge < -0.3 is 4.74 Å². The first-order valence-electron chi connectivity index (χ1n) is 11.4. The molecular weight excluding hydrogens is 390 g/mol. The van der Waals surface area contributed by atoms with Gasteiger partial charge in [0.15, 0.2) is 0 Å². The molecule has 3 aromatic carbocycles. The summed E-state index contributed by atoms with van der Waals surface area (Å²) in [6.07, 6.45) is 7.83. The first kappa shape index (κ1) is 21.5. The third-order valence-electron chi connectivity index (χ3n) is 6.42. The second-order valence-electron chi connectivity index (χ2n) is 8.72. The minimum absolute atomic E-state index is 0.195. The summed E-state index contributed by atoms with van der Waals surface area (Å²) < 4.78 is 33.3. The molecule has 3 aromatic rings. The van der Waals surface area contributed by atoms with Gasteiger partial charge in [-0.15, -0.1) is 0 Å². The molecule has 3 heteroatoms. The summed E-state index contributed by atoms with van der Waals surface area (Å²) >= 11 is 0. The lowest BCUT2D eigenvalue weighted by molar-refractivity contribution is 0.304. The van der Waals surface area contributed by atoms with Gasteiger partial charge in [0, 0.05) is 6.07 Å². The van der Waals surface area contributed by atoms with Crippen molar-refractivity contribution in [2.24, 2.45) is 5.92 Å². The van der Waals surface area contributed by atoms with Gasteiger partial charge in [-0.3, -0.25) is 0 Å². The predicted molar refractivity (Wildman–Crippen MR) is 122 cm³/mol. The summed E-state index contributed by atoms with van der Waals surface area (Å²) in [5.41, 5.74) is 3.85. The number of ether oxygens (including phenoxy) is 1. The molecule has 0 aromatic heterocycles. The van der Waals surface area contributed by atoms with Crippen LogP contribution in [0.1, 0.15) is 62.5 Å². The molecule has 0 bridgehead atoms. The van der Waals surface area contributed by atoms with Crippen molar-refractivity contribution in [3.05, 3.63) is 89.5 Å². The SMILES string of the molecule is CCCC1CCC(c2ccc(-c3cc(F)cc(OCc4cccc(F)c4)c3)cc2)CC1. The van der Waals surface area contributed by atoms with E-state index in [1.54, 1.807) is 12.1 Å². The van der Waals surface area contributed by atoms with E-state index < -0.39 is 0 Å². The van der Waals surface area contributed by atoms with Gasteiger partial charge in [0.2, 0.25) is 0 Å². The third-order valence-corrected chi connectivity index (χ3v) is 6.42. The van der Waals surface area contributed by atoms with E-state index in [2.05, 4.69) is 31.2 Å². The Morgan fingerprint density at radius 1 is 0.806 bits per heavy atom. The Morgan fingerprint density at radius 2 is 1.58 bits per heavy atom. The van der Waals surface area contributed by atoms with Gasteiger partial charge in [0.25, 0.3) is 0 Å². The van der Waals surface area contributed by atoms with Crippen LogP contribution in [0.15, 0.2) is 66.7 Å². The zero-order chi connectivity index (χ0) is 21.6. The van der Waals surface area contributed by atoms with Crippen LogP contribution in [-0.2, 0) is 6.61 Å². The van der Waals surface area contributed by atoms with Gasteiger partial charge in [0.05, 0.1) is 0 Å². The molecule has 31 heavy (non-hydrogen) atoms. The lowest BCUT2D eigenvalue weighted by Crippen LogP contribution is -2.13. The Balaban J connectivity index is 1.43. The highest BCUT2D eigenvalue weighted by atomic mass is 19.1. The van der Waals surface area contributed by atoms with Crippen molar-refractivity contribution < 1.29 is 13.5 Å². The molecular formula is C28H30F2O. The summed E-state index contributed by atoms with van der Waals surface area (Å²) in [4.78, 5) is 0. The Bertz CT molecular complexity index is 988. The van der Waals surface area contributed by atoms with E-state index in [9.17, 15) is 8.78 Å². The average Bonchev–Trinajstić information content (AvgIpc) is 2.78. The van der Waals surface area contributed by atoms with Crippen LogP contribution in [0.4, 0.5) is 8.78 Å². The summed E-state index contributed by atoms with van der Waals surface area (Å²) in [5.74, 6) is 1.33. The maximum absolute atomic E-state index is 14.2. The monoisotopic (exact) mass is 420 g/mol. The third kappa shape index (κ3) is 5.72. The summed E-state index contributed by atoms with van der Waals surface area (Å²) in [6, 6.07) is 19.5. The minimum atomic E-state index is -0.343. The molecule has 0 N–H and O–H groups in total. The van der Waals surface area contributed by atoms with Crippen molar-refractivity contribution in [2.75, 3.05) is 0 Å². The molecule has 1 nitrogen and oxygen atoms in total. The second kappa shape index (κ2) is 10.1. The molecule has 1 aliphatic carbocycles. The number of hydrogen-bond acceptors (Lipinski definition) is 1. The van der Waals surface area contributed by atoms with Crippen molar-refractivity contribution in [1.29, 1.82) is 0 Å². The van der Waals surface area contributed by atoms with E-state index in [1.165, 1.54) is 68.4 Å². The highest BCUT2D eigenvalue weighted by molar-refractivity contribution is 5.65. The molecule has 0 aliphatic heterocycles. The largest absolute Gasteiger partial charge is 0.489 e. The summed E-state index contributed by atoms with van der Waals surface area (Å²) in [6.45, 7) is 2.47. The maximum Gasteiger partial charge on any atom is 0.127 e. The first-order chi connectivity index (χ1) is 15.1. The van der Waals surface area contributed by atoms with Crippen molar-refractivity contribution in [1.82, 2.24) is 0 Å². The molecule has 1 aliphatic rings. The summed E-state index contributed by atoms with van der Waals surface area (Å²) in [5, 5.41) is 0. The summed E-state index contributed by atoms with van der Waals surface area (Å²) in [7, 11) is 0. The molecule has 0 radical (unpaired) electrons. The van der Waals surface area contributed by atoms with Crippen molar-refractivity contribution in [3.8, 4) is 16.9 Å². The molecule has 1 fully saturated rings. The average molecular weight is 421 g/mol. The van der Waals surface area contributed by atoms with E-state index in [0.29, 0.717) is 17.2 Å². The van der Waals surface area contributed by atoms with Crippen LogP contribution in [-0.4, -0.2) is 0 Å². The predicted octanol–water partition coefficient (Wildman–Crippen LogP) is 8.28. The molecule has 0 atom stereocenters. The molecule has 1 saturated carbocycles. The van der Waals surface area contributed by atoms with Crippen molar-refractivity contribution in [2.45, 2.75) is 58.0 Å². The van der Waals surface area contributed by atoms with Crippen molar-refractivity contribution >= 4 is 0 Å². The first-order valence-corrected chi connectivity index (χ1v) is 11.4. The molecule has 4 rings (SSSR count). The van der Waals surface area contributed by atoms with E-state index in [0.717, 1.165) is 17.0 Å². The van der Waals surface area contributed by atoms with Crippen LogP contribution in [0.25, 0.3) is 11.1 Å². The van der Waals surface area contributed by atoms with Gasteiger partial charge in [-0.2, -0.15) is 0 Å². The minimum Gasteiger partial charge on any atom is -0.489 e. The molecule has 0 amide bonds. The molecule has 0 heterocycles. The van der Waals surface area contributed by atoms with E-state index >= 15 is 0 Å². The lowest BCUT2D eigenvalue weighted by atomic mass is 9.77. The number of benzene rings is 3. The van der Waals surface area contributed by atoms with Crippen molar-refractivity contribution in [3.63, 3.8) is 0 Å². The fourth-order valence-electron chi connectivity index (χ4n) is 4.75. The Labute approximate surface area is 184 Å². The standard InChI is InChI=1S/C28H30F2O/c1-2-4-20-7-9-22(10-8-20)23-11-13-24(14-12-23)25-16-27(30)18-28(17-25)31-19-21-5-3-6-26(29)15-21/h3,5-6,11-18,20,22H,2,4,7-10,19H2,1H3. The van der Waals surface area contributed by atoms with E-state index in [-0.39, 0.29) is 18.2 Å². The van der Waals surface area contributed by atoms with Crippen LogP contribution < -0.4 is 4.74 Å². The fourth-order valence-corrected chi connectivity index (χ4v) is 4.75. The van der Waals surface area contributed by atoms with Crippen LogP contribution in [0.3, 0.4) is 0 Å². The molecule has 0 saturated heterocycles. The van der Waals surface area contributed by atoms with Gasteiger partial charge in [0.1, 0.15) is 24.0 Å². The Hall–Kier alpha value is -2.68. The Morgan fingerprint density at radius 3 is 2.29 bits per heavy atom. The fraction of sp³-hybridized carbons (Fsp3) is 0.357. The highest BCUT2D eigenvalue weighted by Gasteiger charge is 2.21. The molecule has 0 unspecified atom stereocenters. The van der Waals surface area contributed by atoms with E-state index in [1.807, 2.05) is 6.07 Å².